The summed E-state index contributed by atoms with van der Waals surface area (Å²) in [5.74, 6) is -0.922. The summed E-state index contributed by atoms with van der Waals surface area (Å²) in [5, 5.41) is 1.58. The van der Waals surface area contributed by atoms with Gasteiger partial charge in [0.25, 0.3) is 5.91 Å². The monoisotopic (exact) mass is 501 g/mol. The third kappa shape index (κ3) is 4.96. The van der Waals surface area contributed by atoms with E-state index in [1.807, 2.05) is 12.1 Å². The first-order valence-electron chi connectivity index (χ1n) is 11.6. The largest absolute Gasteiger partial charge is 0.466 e. The maximum absolute atomic E-state index is 13.6. The maximum Gasteiger partial charge on any atom is 0.387 e. The number of benzene rings is 3. The number of nitrogens with zero attached hydrogens (tertiary/aromatic N) is 1. The van der Waals surface area contributed by atoms with Gasteiger partial charge < -0.3 is 14.4 Å². The maximum atomic E-state index is 13.6. The highest BCUT2D eigenvalue weighted by Crippen LogP contribution is 2.44. The third-order valence-electron chi connectivity index (χ3n) is 6.11. The molecule has 0 fully saturated rings. The van der Waals surface area contributed by atoms with Crippen molar-refractivity contribution in [1.29, 1.82) is 0 Å². The van der Waals surface area contributed by atoms with Gasteiger partial charge in [0.2, 0.25) is 0 Å². The van der Waals surface area contributed by atoms with Crippen LogP contribution in [-0.4, -0.2) is 25.1 Å². The van der Waals surface area contributed by atoms with Crippen LogP contribution in [-0.2, 0) is 28.9 Å². The molecule has 4 rings (SSSR count). The van der Waals surface area contributed by atoms with E-state index in [9.17, 15) is 18.4 Å². The topological polar surface area (TPSA) is 55.8 Å². The highest BCUT2D eigenvalue weighted by molar-refractivity contribution is 6.34. The number of rotatable bonds is 9. The van der Waals surface area contributed by atoms with Gasteiger partial charge in [-0.3, -0.25) is 9.59 Å². The average Bonchev–Trinajstić information content (AvgIpc) is 3.15. The molecule has 1 aliphatic heterocycles. The number of unbranched alkanes of at least 4 members (excludes halogenated alkanes) is 1. The molecule has 3 aromatic rings. The molecule has 0 radical (unpaired) electrons. The lowest BCUT2D eigenvalue weighted by atomic mass is 9.91. The molecule has 1 aliphatic rings. The Bertz CT molecular complexity index is 1280. The van der Waals surface area contributed by atoms with Gasteiger partial charge in [-0.15, -0.1) is 0 Å². The van der Waals surface area contributed by atoms with Crippen LogP contribution in [0.1, 0.15) is 53.7 Å². The molecular formula is C27H26ClF2NO4. The summed E-state index contributed by atoms with van der Waals surface area (Å²) in [5.41, 5.74) is 2.89. The van der Waals surface area contributed by atoms with Crippen molar-refractivity contribution in [3.63, 3.8) is 0 Å². The molecule has 0 bridgehead atoms. The summed E-state index contributed by atoms with van der Waals surface area (Å²) in [6.07, 6.45) is 2.61. The molecular weight excluding hydrogens is 476 g/mol. The van der Waals surface area contributed by atoms with Gasteiger partial charge in [-0.1, -0.05) is 55.3 Å². The summed E-state index contributed by atoms with van der Waals surface area (Å²) in [7, 11) is 0. The molecule has 8 heteroatoms. The van der Waals surface area contributed by atoms with Crippen molar-refractivity contribution in [2.24, 2.45) is 0 Å². The van der Waals surface area contributed by atoms with E-state index in [0.717, 1.165) is 23.8 Å². The van der Waals surface area contributed by atoms with E-state index in [4.69, 9.17) is 21.1 Å². The second-order valence-corrected chi connectivity index (χ2v) is 8.75. The molecule has 0 aromatic heterocycles. The lowest BCUT2D eigenvalue weighted by Crippen LogP contribution is -2.24. The second-order valence-electron chi connectivity index (χ2n) is 8.35. The Hall–Kier alpha value is -3.19. The summed E-state index contributed by atoms with van der Waals surface area (Å²) in [6, 6.07) is 12.2. The Morgan fingerprint density at radius 2 is 1.89 bits per heavy atom. The van der Waals surface area contributed by atoms with Crippen molar-refractivity contribution < 1.29 is 27.8 Å². The van der Waals surface area contributed by atoms with Gasteiger partial charge in [0.05, 0.1) is 35.8 Å². The molecule has 0 saturated carbocycles. The van der Waals surface area contributed by atoms with Crippen molar-refractivity contribution in [3.05, 3.63) is 69.7 Å². The van der Waals surface area contributed by atoms with Crippen LogP contribution in [0.2, 0.25) is 5.02 Å². The quantitative estimate of drug-likeness (QED) is 0.306. The minimum absolute atomic E-state index is 0.0565. The van der Waals surface area contributed by atoms with E-state index >= 15 is 0 Å². The lowest BCUT2D eigenvalue weighted by Gasteiger charge is -2.18. The SMILES string of the molecule is CCCCc1c2c(c(OC(F)F)c3ccccc13)C(=O)N(c1ccc(CC(=O)OCC)cc1Cl)C2. The van der Waals surface area contributed by atoms with Crippen LogP contribution in [0.5, 0.6) is 5.75 Å². The van der Waals surface area contributed by atoms with Crippen molar-refractivity contribution in [2.75, 3.05) is 11.5 Å². The average molecular weight is 502 g/mol. The molecule has 0 aliphatic carbocycles. The molecule has 1 heterocycles. The summed E-state index contributed by atoms with van der Waals surface area (Å²) >= 11 is 6.53. The number of carbonyl (C=O) groups is 2. The number of esters is 1. The van der Waals surface area contributed by atoms with Crippen molar-refractivity contribution in [2.45, 2.75) is 52.7 Å². The smallest absolute Gasteiger partial charge is 0.387 e. The minimum atomic E-state index is -3.07. The number of carbonyl (C=O) groups excluding carboxylic acids is 2. The van der Waals surface area contributed by atoms with Crippen molar-refractivity contribution in [3.8, 4) is 5.75 Å². The van der Waals surface area contributed by atoms with Crippen LogP contribution in [0.15, 0.2) is 42.5 Å². The minimum Gasteiger partial charge on any atom is -0.466 e. The second kappa shape index (κ2) is 10.6. The highest BCUT2D eigenvalue weighted by atomic mass is 35.5. The number of alkyl halides is 2. The van der Waals surface area contributed by atoms with Crippen LogP contribution >= 0.6 is 11.6 Å². The number of halogens is 3. The van der Waals surface area contributed by atoms with Crippen molar-refractivity contribution in [1.82, 2.24) is 0 Å². The van der Waals surface area contributed by atoms with Gasteiger partial charge in [0.15, 0.2) is 0 Å². The van der Waals surface area contributed by atoms with E-state index in [1.165, 1.54) is 4.90 Å². The van der Waals surface area contributed by atoms with Crippen LogP contribution < -0.4 is 9.64 Å². The van der Waals surface area contributed by atoms with Crippen molar-refractivity contribution >= 4 is 39.9 Å². The lowest BCUT2D eigenvalue weighted by molar-refractivity contribution is -0.142. The van der Waals surface area contributed by atoms with Gasteiger partial charge in [-0.2, -0.15) is 8.78 Å². The molecule has 0 saturated heterocycles. The fraction of sp³-hybridized carbons (Fsp3) is 0.333. The predicted molar refractivity (Wildman–Crippen MR) is 131 cm³/mol. The van der Waals surface area contributed by atoms with E-state index in [-0.39, 0.29) is 41.9 Å². The number of hydrogen-bond acceptors (Lipinski definition) is 4. The number of amides is 1. The Kier molecular flexibility index (Phi) is 7.55. The predicted octanol–water partition coefficient (Wildman–Crippen LogP) is 6.70. The first-order chi connectivity index (χ1) is 16.8. The summed E-state index contributed by atoms with van der Waals surface area (Å²) in [6.45, 7) is 1.20. The van der Waals surface area contributed by atoms with Gasteiger partial charge in [0, 0.05) is 5.39 Å². The Labute approximate surface area is 207 Å². The zero-order valence-electron chi connectivity index (χ0n) is 19.6. The Morgan fingerprint density at radius 3 is 2.54 bits per heavy atom. The first-order valence-corrected chi connectivity index (χ1v) is 12.0. The number of aryl methyl sites for hydroxylation is 1. The molecule has 35 heavy (non-hydrogen) atoms. The number of hydrogen-bond donors (Lipinski definition) is 0. The highest BCUT2D eigenvalue weighted by Gasteiger charge is 2.37. The number of ether oxygens (including phenoxy) is 2. The van der Waals surface area contributed by atoms with E-state index in [1.54, 1.807) is 37.3 Å². The summed E-state index contributed by atoms with van der Waals surface area (Å²) in [4.78, 5) is 26.9. The molecule has 0 atom stereocenters. The molecule has 3 aromatic carbocycles. The fourth-order valence-electron chi connectivity index (χ4n) is 4.60. The standard InChI is InChI=1S/C27H26ClF2NO4/c1-3-5-8-18-17-9-6-7-10-19(17)25(35-27(29)30)24-20(18)15-31(26(24)33)22-12-11-16(13-21(22)28)14-23(32)34-4-2/h6-7,9-13,27H,3-5,8,14-15H2,1-2H3. The van der Waals surface area contributed by atoms with Gasteiger partial charge in [-0.05, 0) is 54.0 Å². The Balaban J connectivity index is 1.80. The summed E-state index contributed by atoms with van der Waals surface area (Å²) < 4.78 is 36.8. The number of anilines is 1. The zero-order chi connectivity index (χ0) is 25.1. The van der Waals surface area contributed by atoms with Gasteiger partial charge in [-0.25, -0.2) is 0 Å². The molecule has 1 amide bonds. The molecule has 0 spiro atoms. The van der Waals surface area contributed by atoms with Crippen LogP contribution in [0, 0.1) is 0 Å². The van der Waals surface area contributed by atoms with E-state index in [2.05, 4.69) is 6.92 Å². The molecule has 5 nitrogen and oxygen atoms in total. The molecule has 0 unspecified atom stereocenters. The van der Waals surface area contributed by atoms with Crippen LogP contribution in [0.25, 0.3) is 10.8 Å². The van der Waals surface area contributed by atoms with Gasteiger partial charge in [0.1, 0.15) is 5.75 Å². The zero-order valence-corrected chi connectivity index (χ0v) is 20.3. The fourth-order valence-corrected chi connectivity index (χ4v) is 4.90. The Morgan fingerprint density at radius 1 is 1.14 bits per heavy atom. The third-order valence-corrected chi connectivity index (χ3v) is 6.41. The first kappa shape index (κ1) is 24.9. The number of fused-ring (bicyclic) bond motifs is 2. The van der Waals surface area contributed by atoms with E-state index in [0.29, 0.717) is 28.6 Å². The normalized spacial score (nSPS) is 13.0. The molecule has 0 N–H and O–H groups in total. The van der Waals surface area contributed by atoms with Gasteiger partial charge >= 0.3 is 12.6 Å². The van der Waals surface area contributed by atoms with Crippen LogP contribution in [0.4, 0.5) is 14.5 Å². The molecule has 184 valence electrons. The van der Waals surface area contributed by atoms with Crippen LogP contribution in [0.3, 0.4) is 0 Å². The van der Waals surface area contributed by atoms with E-state index < -0.39 is 12.5 Å².